The van der Waals surface area contributed by atoms with E-state index in [1.807, 2.05) is 6.07 Å². The van der Waals surface area contributed by atoms with Crippen molar-refractivity contribution in [2.24, 2.45) is 5.92 Å². The standard InChI is InChI=1S/C26H33N/c1-2-3-4-5-6-7-21-8-10-22(11-9-21)12-13-23-14-16-26-19-24(20-27)15-17-25(26)18-23/h8-11,15,17,19,23H,2-7,12-14,16,18H2,1H3. The number of benzene rings is 2. The van der Waals surface area contributed by atoms with Gasteiger partial charge in [0, 0.05) is 0 Å². The third-order valence-corrected chi connectivity index (χ3v) is 6.10. The smallest absolute Gasteiger partial charge is 0.0991 e. The number of rotatable bonds is 9. The molecule has 1 heteroatoms. The van der Waals surface area contributed by atoms with Crippen LogP contribution in [0.15, 0.2) is 42.5 Å². The molecule has 1 unspecified atom stereocenters. The van der Waals surface area contributed by atoms with Crippen LogP contribution in [0.5, 0.6) is 0 Å². The first-order chi connectivity index (χ1) is 13.3. The van der Waals surface area contributed by atoms with Crippen LogP contribution in [0.4, 0.5) is 0 Å². The molecule has 0 aliphatic heterocycles. The van der Waals surface area contributed by atoms with Crippen molar-refractivity contribution in [3.8, 4) is 6.07 Å². The molecule has 0 spiro atoms. The van der Waals surface area contributed by atoms with Gasteiger partial charge in [-0.3, -0.25) is 0 Å². The second kappa shape index (κ2) is 10.3. The van der Waals surface area contributed by atoms with E-state index in [9.17, 15) is 0 Å². The van der Waals surface area contributed by atoms with Gasteiger partial charge >= 0.3 is 0 Å². The highest BCUT2D eigenvalue weighted by molar-refractivity contribution is 5.39. The molecule has 0 N–H and O–H groups in total. The van der Waals surface area contributed by atoms with E-state index >= 15 is 0 Å². The summed E-state index contributed by atoms with van der Waals surface area (Å²) in [6, 6.07) is 17.9. The maximum absolute atomic E-state index is 9.05. The molecule has 1 aliphatic rings. The fraction of sp³-hybridized carbons (Fsp3) is 0.500. The highest BCUT2D eigenvalue weighted by Gasteiger charge is 2.18. The van der Waals surface area contributed by atoms with E-state index in [0.717, 1.165) is 17.9 Å². The maximum Gasteiger partial charge on any atom is 0.0991 e. The molecule has 3 rings (SSSR count). The van der Waals surface area contributed by atoms with Gasteiger partial charge in [0.1, 0.15) is 0 Å². The minimum Gasteiger partial charge on any atom is -0.192 e. The molecule has 0 saturated carbocycles. The Morgan fingerprint density at radius 1 is 0.889 bits per heavy atom. The van der Waals surface area contributed by atoms with Crippen molar-refractivity contribution in [1.29, 1.82) is 5.26 Å². The van der Waals surface area contributed by atoms with Gasteiger partial charge in [-0.1, -0.05) is 62.9 Å². The van der Waals surface area contributed by atoms with Gasteiger partial charge < -0.3 is 0 Å². The number of unbranched alkanes of at least 4 members (excludes halogenated alkanes) is 4. The monoisotopic (exact) mass is 359 g/mol. The lowest BCUT2D eigenvalue weighted by molar-refractivity contribution is 0.427. The van der Waals surface area contributed by atoms with Gasteiger partial charge in [0.25, 0.3) is 0 Å². The highest BCUT2D eigenvalue weighted by Crippen LogP contribution is 2.29. The first-order valence-corrected chi connectivity index (χ1v) is 10.9. The Labute approximate surface area is 165 Å². The Morgan fingerprint density at radius 3 is 2.37 bits per heavy atom. The van der Waals surface area contributed by atoms with Crippen molar-refractivity contribution in [2.75, 3.05) is 0 Å². The van der Waals surface area contributed by atoms with Gasteiger partial charge in [-0.05, 0) is 85.3 Å². The fourth-order valence-corrected chi connectivity index (χ4v) is 4.32. The zero-order valence-corrected chi connectivity index (χ0v) is 16.8. The molecule has 1 nitrogen and oxygen atoms in total. The van der Waals surface area contributed by atoms with Gasteiger partial charge in [-0.25, -0.2) is 0 Å². The summed E-state index contributed by atoms with van der Waals surface area (Å²) in [6.45, 7) is 2.27. The van der Waals surface area contributed by atoms with Crippen LogP contribution in [0.2, 0.25) is 0 Å². The zero-order chi connectivity index (χ0) is 18.9. The largest absolute Gasteiger partial charge is 0.192 e. The van der Waals surface area contributed by atoms with Crippen LogP contribution in [-0.2, 0) is 25.7 Å². The molecule has 0 aromatic heterocycles. The Kier molecular flexibility index (Phi) is 7.52. The predicted octanol–water partition coefficient (Wildman–Crippen LogP) is 6.81. The third kappa shape index (κ3) is 5.96. The SMILES string of the molecule is CCCCCCCc1ccc(CCC2CCc3cc(C#N)ccc3C2)cc1. The summed E-state index contributed by atoms with van der Waals surface area (Å²) >= 11 is 0. The molecule has 0 heterocycles. The van der Waals surface area contributed by atoms with Crippen LogP contribution in [-0.4, -0.2) is 0 Å². The molecule has 1 atom stereocenters. The number of hydrogen-bond acceptors (Lipinski definition) is 1. The summed E-state index contributed by atoms with van der Waals surface area (Å²) < 4.78 is 0. The Bertz CT molecular complexity index is 751. The minimum absolute atomic E-state index is 0.781. The van der Waals surface area contributed by atoms with Crippen LogP contribution in [0.25, 0.3) is 0 Å². The molecule has 27 heavy (non-hydrogen) atoms. The van der Waals surface area contributed by atoms with E-state index in [2.05, 4.69) is 49.4 Å². The number of nitriles is 1. The first kappa shape index (κ1) is 19.7. The molecule has 0 amide bonds. The highest BCUT2D eigenvalue weighted by atomic mass is 14.3. The molecule has 2 aromatic carbocycles. The Balaban J connectivity index is 1.43. The van der Waals surface area contributed by atoms with Crippen molar-refractivity contribution >= 4 is 0 Å². The lowest BCUT2D eigenvalue weighted by atomic mass is 9.80. The van der Waals surface area contributed by atoms with E-state index in [-0.39, 0.29) is 0 Å². The molecule has 1 aliphatic carbocycles. The van der Waals surface area contributed by atoms with Gasteiger partial charge in [0.05, 0.1) is 11.6 Å². The lowest BCUT2D eigenvalue weighted by Crippen LogP contribution is -2.15. The summed E-state index contributed by atoms with van der Waals surface area (Å²) in [5.74, 6) is 0.781. The van der Waals surface area contributed by atoms with E-state index in [4.69, 9.17) is 5.26 Å². The molecule has 2 aromatic rings. The van der Waals surface area contributed by atoms with Gasteiger partial charge in [-0.15, -0.1) is 0 Å². The van der Waals surface area contributed by atoms with Crippen molar-refractivity contribution in [3.63, 3.8) is 0 Å². The van der Waals surface area contributed by atoms with Crippen LogP contribution in [0.3, 0.4) is 0 Å². The van der Waals surface area contributed by atoms with Crippen molar-refractivity contribution in [1.82, 2.24) is 0 Å². The maximum atomic E-state index is 9.05. The summed E-state index contributed by atoms with van der Waals surface area (Å²) in [7, 11) is 0. The van der Waals surface area contributed by atoms with Gasteiger partial charge in [0.2, 0.25) is 0 Å². The number of nitrogens with zero attached hydrogens (tertiary/aromatic N) is 1. The third-order valence-electron chi connectivity index (χ3n) is 6.10. The average Bonchev–Trinajstić information content (AvgIpc) is 2.72. The van der Waals surface area contributed by atoms with Gasteiger partial charge in [-0.2, -0.15) is 5.26 Å². The summed E-state index contributed by atoms with van der Waals surface area (Å²) in [5, 5.41) is 9.05. The second-order valence-electron chi connectivity index (χ2n) is 8.22. The van der Waals surface area contributed by atoms with E-state index in [0.29, 0.717) is 0 Å². The van der Waals surface area contributed by atoms with Gasteiger partial charge in [0.15, 0.2) is 0 Å². The molecule has 0 fully saturated rings. The summed E-state index contributed by atoms with van der Waals surface area (Å²) in [4.78, 5) is 0. The molecular formula is C26H33N. The van der Waals surface area contributed by atoms with Crippen LogP contribution in [0.1, 0.15) is 79.7 Å². The number of aryl methyl sites for hydroxylation is 3. The molecule has 0 radical (unpaired) electrons. The van der Waals surface area contributed by atoms with Crippen LogP contribution >= 0.6 is 0 Å². The summed E-state index contributed by atoms with van der Waals surface area (Å²) in [5.41, 5.74) is 6.64. The topological polar surface area (TPSA) is 23.8 Å². The molecule has 142 valence electrons. The fourth-order valence-electron chi connectivity index (χ4n) is 4.32. The van der Waals surface area contributed by atoms with E-state index in [1.54, 1.807) is 0 Å². The average molecular weight is 360 g/mol. The summed E-state index contributed by atoms with van der Waals surface area (Å²) in [6.07, 6.45) is 14.0. The first-order valence-electron chi connectivity index (χ1n) is 10.9. The van der Waals surface area contributed by atoms with E-state index in [1.165, 1.54) is 86.5 Å². The lowest BCUT2D eigenvalue weighted by Gasteiger charge is -2.24. The molecule has 0 bridgehead atoms. The molecular weight excluding hydrogens is 326 g/mol. The van der Waals surface area contributed by atoms with Crippen molar-refractivity contribution < 1.29 is 0 Å². The Morgan fingerprint density at radius 2 is 1.63 bits per heavy atom. The number of hydrogen-bond donors (Lipinski definition) is 0. The quantitative estimate of drug-likeness (QED) is 0.451. The minimum atomic E-state index is 0.781. The molecule has 0 saturated heterocycles. The van der Waals surface area contributed by atoms with E-state index < -0.39 is 0 Å². The predicted molar refractivity (Wildman–Crippen MR) is 114 cm³/mol. The number of fused-ring (bicyclic) bond motifs is 1. The zero-order valence-electron chi connectivity index (χ0n) is 16.8. The van der Waals surface area contributed by atoms with Crippen molar-refractivity contribution in [3.05, 3.63) is 70.3 Å². The van der Waals surface area contributed by atoms with Crippen LogP contribution < -0.4 is 0 Å². The Hall–Kier alpha value is -2.07. The second-order valence-corrected chi connectivity index (χ2v) is 8.22. The van der Waals surface area contributed by atoms with Crippen molar-refractivity contribution in [2.45, 2.75) is 77.6 Å². The van der Waals surface area contributed by atoms with Crippen LogP contribution in [0, 0.1) is 17.2 Å². The normalized spacial score (nSPS) is 15.9.